The quantitative estimate of drug-likeness (QED) is 0.764. The molecule has 0 saturated heterocycles. The zero-order chi connectivity index (χ0) is 24.1. The second-order valence-corrected chi connectivity index (χ2v) is 8.71. The summed E-state index contributed by atoms with van der Waals surface area (Å²) in [6.07, 6.45) is -0.126. The average Bonchev–Trinajstić information content (AvgIpc) is 2.80. The lowest BCUT2D eigenvalue weighted by atomic mass is 10.0. The third kappa shape index (κ3) is 6.09. The van der Waals surface area contributed by atoms with Crippen LogP contribution in [0.4, 0.5) is 10.1 Å². The second-order valence-electron chi connectivity index (χ2n) is 8.71. The molecule has 2 aromatic carbocycles. The van der Waals surface area contributed by atoms with Gasteiger partial charge in [0.2, 0.25) is 0 Å². The minimum Gasteiger partial charge on any atom is -0.491 e. The Bertz CT molecular complexity index is 982. The Morgan fingerprint density at radius 2 is 1.82 bits per heavy atom. The van der Waals surface area contributed by atoms with Crippen LogP contribution in [0.15, 0.2) is 42.5 Å². The van der Waals surface area contributed by atoms with Crippen molar-refractivity contribution >= 4 is 17.5 Å². The Hall–Kier alpha value is -2.97. The molecule has 2 amide bonds. The number of nitrogens with one attached hydrogen (secondary N) is 1. The Morgan fingerprint density at radius 1 is 1.12 bits per heavy atom. The molecule has 0 saturated carbocycles. The average molecular weight is 458 g/mol. The first kappa shape index (κ1) is 24.7. The van der Waals surface area contributed by atoms with E-state index >= 15 is 0 Å². The molecule has 0 fully saturated rings. The minimum absolute atomic E-state index is 0.126. The molecule has 0 bridgehead atoms. The van der Waals surface area contributed by atoms with Crippen molar-refractivity contribution in [1.29, 1.82) is 0 Å². The number of ether oxygens (including phenoxy) is 2. The fourth-order valence-electron chi connectivity index (χ4n) is 3.84. The Balaban J connectivity index is 1.90. The maximum atomic E-state index is 13.3. The normalized spacial score (nSPS) is 22.5. The molecule has 1 aliphatic rings. The number of rotatable bonds is 3. The molecule has 0 spiro atoms. The number of fused-ring (bicyclic) bond motifs is 1. The summed E-state index contributed by atoms with van der Waals surface area (Å²) in [4.78, 5) is 29.7. The summed E-state index contributed by atoms with van der Waals surface area (Å²) in [7, 11) is 5.44. The number of benzene rings is 2. The number of nitrogens with zero attached hydrogens (tertiary/aromatic N) is 2. The van der Waals surface area contributed by atoms with E-state index in [9.17, 15) is 14.0 Å². The summed E-state index contributed by atoms with van der Waals surface area (Å²) in [5.41, 5.74) is 1.12. The lowest BCUT2D eigenvalue weighted by Crippen LogP contribution is -2.45. The van der Waals surface area contributed by atoms with Gasteiger partial charge in [-0.2, -0.15) is 0 Å². The van der Waals surface area contributed by atoms with E-state index in [4.69, 9.17) is 9.47 Å². The first-order chi connectivity index (χ1) is 15.7. The van der Waals surface area contributed by atoms with Gasteiger partial charge in [-0.15, -0.1) is 0 Å². The molecule has 1 N–H and O–H groups in total. The SMILES string of the molecule is CO[C@@H]1CN(C)C(=O)c2cc(NC(=O)c3ccc(F)cc3)ccc2OC[C@@H](C)N(C)C[C@@H]1C. The number of amides is 2. The van der Waals surface area contributed by atoms with E-state index in [0.717, 1.165) is 6.54 Å². The van der Waals surface area contributed by atoms with Crippen LogP contribution in [0.3, 0.4) is 0 Å². The van der Waals surface area contributed by atoms with Crippen molar-refractivity contribution in [2.24, 2.45) is 5.92 Å². The third-order valence-corrected chi connectivity index (χ3v) is 6.12. The van der Waals surface area contributed by atoms with E-state index in [-0.39, 0.29) is 24.0 Å². The van der Waals surface area contributed by atoms with Crippen LogP contribution in [0, 0.1) is 11.7 Å². The highest BCUT2D eigenvalue weighted by atomic mass is 19.1. The van der Waals surface area contributed by atoms with E-state index in [1.807, 2.05) is 7.05 Å². The van der Waals surface area contributed by atoms with Crippen LogP contribution in [0.2, 0.25) is 0 Å². The standard InChI is InChI=1S/C25H32FN3O4/c1-16-13-28(3)17(2)15-33-22-11-10-20(27-24(30)18-6-8-19(26)9-7-18)12-21(22)25(31)29(4)14-23(16)32-5/h6-12,16-17,23H,13-15H2,1-5H3,(H,27,30)/t16-,17+,23+/m0/s1. The summed E-state index contributed by atoms with van der Waals surface area (Å²) in [6, 6.07) is 10.4. The molecule has 33 heavy (non-hydrogen) atoms. The van der Waals surface area contributed by atoms with Crippen LogP contribution in [0.1, 0.15) is 34.6 Å². The highest BCUT2D eigenvalue weighted by Gasteiger charge is 2.27. The predicted molar refractivity (Wildman–Crippen MR) is 125 cm³/mol. The van der Waals surface area contributed by atoms with E-state index in [1.54, 1.807) is 37.3 Å². The highest BCUT2D eigenvalue weighted by molar-refractivity contribution is 6.05. The molecule has 178 valence electrons. The molecule has 0 radical (unpaired) electrons. The Kier molecular flexibility index (Phi) is 8.05. The zero-order valence-electron chi connectivity index (χ0n) is 19.8. The summed E-state index contributed by atoms with van der Waals surface area (Å²) >= 11 is 0. The first-order valence-electron chi connectivity index (χ1n) is 11.0. The van der Waals surface area contributed by atoms with Gasteiger partial charge in [-0.1, -0.05) is 6.92 Å². The van der Waals surface area contributed by atoms with Crippen LogP contribution in [-0.4, -0.2) is 74.7 Å². The number of carbonyl (C=O) groups is 2. The van der Waals surface area contributed by atoms with Crippen LogP contribution in [0.5, 0.6) is 5.75 Å². The van der Waals surface area contributed by atoms with Crippen molar-refractivity contribution in [3.63, 3.8) is 0 Å². The maximum absolute atomic E-state index is 13.3. The van der Waals surface area contributed by atoms with Crippen molar-refractivity contribution in [3.05, 3.63) is 59.4 Å². The van der Waals surface area contributed by atoms with Crippen molar-refractivity contribution < 1.29 is 23.5 Å². The number of carbonyl (C=O) groups excluding carboxylic acids is 2. The van der Waals surface area contributed by atoms with Crippen molar-refractivity contribution in [2.75, 3.05) is 46.2 Å². The zero-order valence-corrected chi connectivity index (χ0v) is 19.8. The van der Waals surface area contributed by atoms with Gasteiger partial charge in [-0.25, -0.2) is 4.39 Å². The van der Waals surface area contributed by atoms with Crippen molar-refractivity contribution in [1.82, 2.24) is 9.80 Å². The van der Waals surface area contributed by atoms with Crippen LogP contribution >= 0.6 is 0 Å². The molecule has 8 heteroatoms. The van der Waals surface area contributed by atoms with Crippen LogP contribution in [-0.2, 0) is 4.74 Å². The van der Waals surface area contributed by atoms with Crippen LogP contribution < -0.4 is 10.1 Å². The summed E-state index contributed by atoms with van der Waals surface area (Å²) in [5.74, 6) is -0.375. The van der Waals surface area contributed by atoms with Gasteiger partial charge in [0.25, 0.3) is 11.8 Å². The lowest BCUT2D eigenvalue weighted by molar-refractivity contribution is 0.0150. The molecule has 1 aliphatic heterocycles. The summed E-state index contributed by atoms with van der Waals surface area (Å²) in [6.45, 7) is 5.83. The van der Waals surface area contributed by atoms with Crippen molar-refractivity contribution in [2.45, 2.75) is 26.0 Å². The number of hydrogen-bond acceptors (Lipinski definition) is 5. The molecule has 0 aliphatic carbocycles. The molecular formula is C25H32FN3O4. The van der Waals surface area contributed by atoms with Crippen molar-refractivity contribution in [3.8, 4) is 5.75 Å². The molecule has 0 unspecified atom stereocenters. The minimum atomic E-state index is -0.416. The molecule has 3 atom stereocenters. The third-order valence-electron chi connectivity index (χ3n) is 6.12. The molecule has 1 heterocycles. The lowest BCUT2D eigenvalue weighted by Gasteiger charge is -2.34. The monoisotopic (exact) mass is 457 g/mol. The topological polar surface area (TPSA) is 71.1 Å². The first-order valence-corrected chi connectivity index (χ1v) is 11.0. The highest BCUT2D eigenvalue weighted by Crippen LogP contribution is 2.26. The number of halogens is 1. The number of anilines is 1. The smallest absolute Gasteiger partial charge is 0.257 e. The number of methoxy groups -OCH3 is 1. The molecule has 7 nitrogen and oxygen atoms in total. The summed E-state index contributed by atoms with van der Waals surface area (Å²) in [5, 5.41) is 2.77. The molecular weight excluding hydrogens is 425 g/mol. The Labute approximate surface area is 194 Å². The van der Waals surface area contributed by atoms with Gasteiger partial charge in [-0.05, 0) is 62.4 Å². The summed E-state index contributed by atoms with van der Waals surface area (Å²) < 4.78 is 24.9. The van der Waals surface area contributed by atoms with Crippen LogP contribution in [0.25, 0.3) is 0 Å². The van der Waals surface area contributed by atoms with E-state index in [1.165, 1.54) is 24.3 Å². The fraction of sp³-hybridized carbons (Fsp3) is 0.440. The second kappa shape index (κ2) is 10.8. The van der Waals surface area contributed by atoms with E-state index in [0.29, 0.717) is 35.7 Å². The van der Waals surface area contributed by atoms with Gasteiger partial charge in [0.1, 0.15) is 18.2 Å². The van der Waals surface area contributed by atoms with Gasteiger partial charge < -0.3 is 19.7 Å². The number of likely N-dealkylation sites (N-methyl/N-ethyl adjacent to an activating group) is 2. The van der Waals surface area contributed by atoms with Gasteiger partial charge in [-0.3, -0.25) is 14.5 Å². The van der Waals surface area contributed by atoms with E-state index < -0.39 is 11.7 Å². The number of hydrogen-bond donors (Lipinski definition) is 1. The van der Waals surface area contributed by atoms with Gasteiger partial charge >= 0.3 is 0 Å². The largest absolute Gasteiger partial charge is 0.491 e. The molecule has 0 aromatic heterocycles. The maximum Gasteiger partial charge on any atom is 0.257 e. The fourth-order valence-corrected chi connectivity index (χ4v) is 3.84. The molecule has 3 rings (SSSR count). The van der Waals surface area contributed by atoms with Gasteiger partial charge in [0, 0.05) is 44.5 Å². The Morgan fingerprint density at radius 3 is 2.48 bits per heavy atom. The van der Waals surface area contributed by atoms with Gasteiger partial charge in [0.05, 0.1) is 11.7 Å². The van der Waals surface area contributed by atoms with E-state index in [2.05, 4.69) is 24.1 Å². The predicted octanol–water partition coefficient (Wildman–Crippen LogP) is 3.51. The van der Waals surface area contributed by atoms with Gasteiger partial charge in [0.15, 0.2) is 0 Å². The molecule has 2 aromatic rings.